The molecule has 0 radical (unpaired) electrons. The Morgan fingerprint density at radius 3 is 1.63 bits per heavy atom. The summed E-state index contributed by atoms with van der Waals surface area (Å²) in [4.78, 5) is 36.8. The fraction of sp³-hybridized carbons (Fsp3) is 0.750. The monoisotopic (exact) mass is 733 g/mol. The first-order valence-corrected chi connectivity index (χ1v) is 20.7. The average Bonchev–Trinajstić information content (AvgIpc) is 3.09. The van der Waals surface area contributed by atoms with Crippen LogP contribution in [0.1, 0.15) is 162 Å². The number of hydrogen-bond donors (Lipinski definition) is 1. The van der Waals surface area contributed by atoms with Crippen molar-refractivity contribution in [1.82, 2.24) is 0 Å². The summed E-state index contributed by atoms with van der Waals surface area (Å²) in [6.45, 7) is 4.61. The minimum atomic E-state index is -0.886. The Bertz CT molecular complexity index is 995. The van der Waals surface area contributed by atoms with E-state index in [1.807, 2.05) is 21.1 Å². The molecule has 0 spiro atoms. The average molecular weight is 733 g/mol. The van der Waals surface area contributed by atoms with Gasteiger partial charge in [-0.3, -0.25) is 9.59 Å². The summed E-state index contributed by atoms with van der Waals surface area (Å²) in [5.74, 6) is -1.55. The minimum Gasteiger partial charge on any atom is -0.477 e. The van der Waals surface area contributed by atoms with E-state index in [9.17, 15) is 19.5 Å². The Labute approximate surface area is 318 Å². The molecule has 0 fully saturated rings. The first-order valence-electron chi connectivity index (χ1n) is 20.7. The zero-order chi connectivity index (χ0) is 38.5. The van der Waals surface area contributed by atoms with Crippen molar-refractivity contribution >= 4 is 17.9 Å². The van der Waals surface area contributed by atoms with E-state index in [0.29, 0.717) is 19.3 Å². The summed E-state index contributed by atoms with van der Waals surface area (Å²) < 4.78 is 17.2. The second kappa shape index (κ2) is 35.3. The van der Waals surface area contributed by atoms with Gasteiger partial charge in [-0.2, -0.15) is 0 Å². The number of rotatable bonds is 36. The van der Waals surface area contributed by atoms with E-state index in [2.05, 4.69) is 62.5 Å². The number of carboxylic acid groups (broad SMARTS) is 1. The number of ether oxygens (including phenoxy) is 3. The van der Waals surface area contributed by atoms with Crippen molar-refractivity contribution in [2.24, 2.45) is 0 Å². The molecule has 0 bridgehead atoms. The van der Waals surface area contributed by atoms with Crippen LogP contribution in [0.2, 0.25) is 0 Å². The van der Waals surface area contributed by atoms with Crippen LogP contribution in [0.5, 0.6) is 0 Å². The molecule has 0 amide bonds. The molecule has 0 aliphatic heterocycles. The summed E-state index contributed by atoms with van der Waals surface area (Å²) in [6, 6.07) is -0.624. The van der Waals surface area contributed by atoms with Gasteiger partial charge in [-0.05, 0) is 64.2 Å². The van der Waals surface area contributed by atoms with Gasteiger partial charge in [-0.25, -0.2) is 4.79 Å². The summed E-state index contributed by atoms with van der Waals surface area (Å²) >= 11 is 0. The van der Waals surface area contributed by atoms with Crippen LogP contribution in [0, 0.1) is 0 Å². The second-order valence-corrected chi connectivity index (χ2v) is 14.9. The van der Waals surface area contributed by atoms with Crippen molar-refractivity contribution in [3.05, 3.63) is 48.6 Å². The highest BCUT2D eigenvalue weighted by Crippen LogP contribution is 2.12. The molecule has 0 aromatic rings. The highest BCUT2D eigenvalue weighted by molar-refractivity contribution is 5.72. The van der Waals surface area contributed by atoms with E-state index >= 15 is 0 Å². The summed E-state index contributed by atoms with van der Waals surface area (Å²) in [7, 11) is 5.50. The smallest absolute Gasteiger partial charge is 0.362 e. The van der Waals surface area contributed by atoms with Crippen LogP contribution in [0.25, 0.3) is 0 Å². The maximum atomic E-state index is 12.7. The number of carbonyl (C=O) groups excluding carboxylic acids is 2. The molecule has 0 heterocycles. The fourth-order valence-electron chi connectivity index (χ4n) is 5.67. The van der Waals surface area contributed by atoms with E-state index in [-0.39, 0.29) is 42.7 Å². The molecule has 0 saturated heterocycles. The lowest BCUT2D eigenvalue weighted by Crippen LogP contribution is -2.50. The molecule has 0 saturated carbocycles. The molecule has 0 aliphatic rings. The van der Waals surface area contributed by atoms with E-state index in [4.69, 9.17) is 14.2 Å². The lowest BCUT2D eigenvalue weighted by Gasteiger charge is -2.31. The molecule has 0 aromatic heterocycles. The largest absolute Gasteiger partial charge is 0.477 e. The van der Waals surface area contributed by atoms with Gasteiger partial charge in [0.05, 0.1) is 34.4 Å². The van der Waals surface area contributed by atoms with Crippen LogP contribution in [-0.4, -0.2) is 80.6 Å². The standard InChI is InChI=1S/C44H77NO7/c1-6-8-10-12-14-16-18-19-20-21-22-23-25-27-29-31-33-35-43(47)52-40(38-50-37-36-41(44(48)49)45(3,4)5)39-51-42(46)34-32-30-28-26-24-17-15-13-11-9-7-2/h13,15,19-20,22-23,27,29,40-41H,6-12,14,16-18,21,24-26,28,30-39H2,1-5H3/p+1/b15-13+,20-19+,23-22+,29-27+. The molecule has 0 rings (SSSR count). The van der Waals surface area contributed by atoms with Crippen molar-refractivity contribution < 1.29 is 38.2 Å². The Morgan fingerprint density at radius 1 is 0.577 bits per heavy atom. The van der Waals surface area contributed by atoms with Gasteiger partial charge in [-0.15, -0.1) is 0 Å². The number of hydrogen-bond acceptors (Lipinski definition) is 6. The molecule has 2 atom stereocenters. The van der Waals surface area contributed by atoms with Crippen LogP contribution < -0.4 is 0 Å². The Morgan fingerprint density at radius 2 is 1.06 bits per heavy atom. The molecule has 0 aromatic carbocycles. The summed E-state index contributed by atoms with van der Waals surface area (Å²) in [5.41, 5.74) is 0. The topological polar surface area (TPSA) is 99.1 Å². The molecule has 8 heteroatoms. The Kier molecular flexibility index (Phi) is 33.5. The lowest BCUT2D eigenvalue weighted by atomic mass is 10.1. The number of aliphatic carboxylic acids is 1. The van der Waals surface area contributed by atoms with E-state index in [0.717, 1.165) is 51.4 Å². The number of nitrogens with zero attached hydrogens (tertiary/aromatic N) is 1. The lowest BCUT2D eigenvalue weighted by molar-refractivity contribution is -0.887. The van der Waals surface area contributed by atoms with Gasteiger partial charge in [0.2, 0.25) is 0 Å². The predicted octanol–water partition coefficient (Wildman–Crippen LogP) is 10.9. The Hall–Kier alpha value is -2.71. The third-order valence-electron chi connectivity index (χ3n) is 8.95. The van der Waals surface area contributed by atoms with Gasteiger partial charge in [0, 0.05) is 19.3 Å². The number of unbranched alkanes of at least 4 members (excludes halogenated alkanes) is 14. The van der Waals surface area contributed by atoms with Crippen molar-refractivity contribution in [2.45, 2.75) is 174 Å². The number of likely N-dealkylation sites (N-methyl/N-ethyl adjacent to an activating group) is 1. The Balaban J connectivity index is 4.48. The molecule has 1 N–H and O–H groups in total. The van der Waals surface area contributed by atoms with Crippen molar-refractivity contribution in [3.63, 3.8) is 0 Å². The van der Waals surface area contributed by atoms with E-state index in [1.165, 1.54) is 70.6 Å². The number of esters is 2. The van der Waals surface area contributed by atoms with Crippen molar-refractivity contribution in [3.8, 4) is 0 Å². The van der Waals surface area contributed by atoms with Gasteiger partial charge in [0.15, 0.2) is 12.1 Å². The number of carbonyl (C=O) groups is 3. The maximum Gasteiger partial charge on any atom is 0.362 e. The van der Waals surface area contributed by atoms with Crippen LogP contribution in [0.4, 0.5) is 0 Å². The molecule has 8 nitrogen and oxygen atoms in total. The molecular weight excluding hydrogens is 654 g/mol. The van der Waals surface area contributed by atoms with Gasteiger partial charge >= 0.3 is 17.9 Å². The molecule has 300 valence electrons. The number of quaternary nitrogens is 1. The molecule has 2 unspecified atom stereocenters. The van der Waals surface area contributed by atoms with E-state index in [1.54, 1.807) is 0 Å². The molecule has 0 aliphatic carbocycles. The summed E-state index contributed by atoms with van der Waals surface area (Å²) in [5, 5.41) is 9.59. The fourth-order valence-corrected chi connectivity index (χ4v) is 5.67. The molecule has 52 heavy (non-hydrogen) atoms. The zero-order valence-electron chi connectivity index (χ0n) is 34.0. The predicted molar refractivity (Wildman–Crippen MR) is 215 cm³/mol. The zero-order valence-corrected chi connectivity index (χ0v) is 34.0. The van der Waals surface area contributed by atoms with Crippen molar-refractivity contribution in [2.75, 3.05) is 41.0 Å². The quantitative estimate of drug-likeness (QED) is 0.0296. The highest BCUT2D eigenvalue weighted by Gasteiger charge is 2.31. The van der Waals surface area contributed by atoms with Crippen LogP contribution in [0.15, 0.2) is 48.6 Å². The third kappa shape index (κ3) is 33.1. The maximum absolute atomic E-state index is 12.7. The van der Waals surface area contributed by atoms with E-state index < -0.39 is 18.1 Å². The normalized spacial score (nSPS) is 13.5. The first-order chi connectivity index (χ1) is 25.1. The highest BCUT2D eigenvalue weighted by atomic mass is 16.6. The first kappa shape index (κ1) is 49.3. The summed E-state index contributed by atoms with van der Waals surface area (Å²) in [6.07, 6.45) is 40.2. The van der Waals surface area contributed by atoms with Crippen LogP contribution in [0.3, 0.4) is 0 Å². The SMILES string of the molecule is CCCC/C=C/CCCCCCCC(=O)OCC(COCCC(C(=O)O)[N+](C)(C)C)OC(=O)CCC/C=C/C/C=C/C/C=C/CCCCCCCC. The molecular formula is C44H78NO7+. The second-order valence-electron chi connectivity index (χ2n) is 14.9. The van der Waals surface area contributed by atoms with Gasteiger partial charge in [0.1, 0.15) is 6.61 Å². The number of carboxylic acids is 1. The van der Waals surface area contributed by atoms with Crippen molar-refractivity contribution in [1.29, 1.82) is 0 Å². The third-order valence-corrected chi connectivity index (χ3v) is 8.95. The minimum absolute atomic E-state index is 0.0376. The van der Waals surface area contributed by atoms with Crippen LogP contribution in [-0.2, 0) is 28.6 Å². The number of allylic oxidation sites excluding steroid dienone is 8. The van der Waals surface area contributed by atoms with Gasteiger partial charge < -0.3 is 23.8 Å². The van der Waals surface area contributed by atoms with Crippen LogP contribution >= 0.6 is 0 Å². The van der Waals surface area contributed by atoms with Gasteiger partial charge in [0.25, 0.3) is 0 Å². The van der Waals surface area contributed by atoms with Gasteiger partial charge in [-0.1, -0.05) is 127 Å².